The van der Waals surface area contributed by atoms with Gasteiger partial charge in [-0.2, -0.15) is 5.10 Å². The highest BCUT2D eigenvalue weighted by Gasteiger charge is 2.20. The predicted molar refractivity (Wildman–Crippen MR) is 98.1 cm³/mol. The molecule has 4 rings (SSSR count). The Morgan fingerprint density at radius 2 is 2.19 bits per heavy atom. The summed E-state index contributed by atoms with van der Waals surface area (Å²) in [6.45, 7) is 6.97. The molecular formula is C19H19N5O3. The van der Waals surface area contributed by atoms with Gasteiger partial charge in [-0.1, -0.05) is 5.16 Å². The van der Waals surface area contributed by atoms with E-state index < -0.39 is 0 Å². The first kappa shape index (κ1) is 17.0. The minimum absolute atomic E-state index is 0.231. The summed E-state index contributed by atoms with van der Waals surface area (Å²) in [5.41, 5.74) is 3.90. The number of aryl methyl sites for hydroxylation is 2. The molecule has 27 heavy (non-hydrogen) atoms. The average Bonchev–Trinajstić information content (AvgIpc) is 3.40. The number of hydrogen-bond acceptors (Lipinski definition) is 6. The van der Waals surface area contributed by atoms with Crippen LogP contribution in [-0.4, -0.2) is 25.8 Å². The number of carbonyl (C=O) groups is 1. The summed E-state index contributed by atoms with van der Waals surface area (Å²) in [5.74, 6) is 0.324. The molecule has 0 atom stereocenters. The zero-order valence-corrected chi connectivity index (χ0v) is 15.3. The topological polar surface area (TPSA) is 99.0 Å². The maximum Gasteiger partial charge on any atom is 0.259 e. The molecule has 0 bridgehead atoms. The van der Waals surface area contributed by atoms with Crippen LogP contribution in [0.15, 0.2) is 39.6 Å². The van der Waals surface area contributed by atoms with Crippen LogP contribution in [0, 0.1) is 13.8 Å². The third-order valence-electron chi connectivity index (χ3n) is 4.58. The van der Waals surface area contributed by atoms with Gasteiger partial charge in [0.1, 0.15) is 5.69 Å². The molecule has 0 spiro atoms. The molecule has 4 heterocycles. The van der Waals surface area contributed by atoms with Gasteiger partial charge in [0.15, 0.2) is 5.76 Å². The van der Waals surface area contributed by atoms with Crippen LogP contribution in [0.5, 0.6) is 0 Å². The first-order chi connectivity index (χ1) is 13.1. The fraction of sp³-hybridized carbons (Fsp3) is 0.263. The molecule has 1 amide bonds. The van der Waals surface area contributed by atoms with Gasteiger partial charge in [-0.3, -0.25) is 9.48 Å². The quantitative estimate of drug-likeness (QED) is 0.583. The van der Waals surface area contributed by atoms with Crippen molar-refractivity contribution in [2.75, 3.05) is 0 Å². The molecule has 0 aliphatic rings. The molecule has 1 N–H and O–H groups in total. The van der Waals surface area contributed by atoms with Crippen LogP contribution in [0.2, 0.25) is 0 Å². The van der Waals surface area contributed by atoms with Crippen LogP contribution in [0.3, 0.4) is 0 Å². The molecule has 0 fully saturated rings. The Hall–Kier alpha value is -3.42. The van der Waals surface area contributed by atoms with Gasteiger partial charge in [0.2, 0.25) is 0 Å². The number of fused-ring (bicyclic) bond motifs is 1. The standard InChI is InChI=1S/C19H19N5O3/c1-4-24-12(3)13(10-21-24)9-20-18(25)14-8-15(16-6-5-7-26-16)22-19-17(14)11(2)23-27-19/h5-8,10H,4,9H2,1-3H3,(H,20,25). The Kier molecular flexibility index (Phi) is 4.23. The van der Waals surface area contributed by atoms with Crippen molar-refractivity contribution in [1.29, 1.82) is 0 Å². The van der Waals surface area contributed by atoms with Gasteiger partial charge in [-0.25, -0.2) is 4.98 Å². The number of nitrogens with zero attached hydrogens (tertiary/aromatic N) is 4. The summed E-state index contributed by atoms with van der Waals surface area (Å²) >= 11 is 0. The van der Waals surface area contributed by atoms with E-state index in [9.17, 15) is 4.79 Å². The first-order valence-corrected chi connectivity index (χ1v) is 8.69. The molecule has 0 saturated heterocycles. The summed E-state index contributed by atoms with van der Waals surface area (Å²) in [4.78, 5) is 17.3. The maximum atomic E-state index is 12.9. The van der Waals surface area contributed by atoms with Gasteiger partial charge in [-0.05, 0) is 39.0 Å². The van der Waals surface area contributed by atoms with Gasteiger partial charge in [0.25, 0.3) is 11.6 Å². The largest absolute Gasteiger partial charge is 0.463 e. The van der Waals surface area contributed by atoms with Crippen molar-refractivity contribution in [3.63, 3.8) is 0 Å². The minimum atomic E-state index is -0.231. The number of nitrogens with one attached hydrogen (secondary N) is 1. The van der Waals surface area contributed by atoms with Gasteiger partial charge < -0.3 is 14.3 Å². The van der Waals surface area contributed by atoms with Gasteiger partial charge in [-0.15, -0.1) is 0 Å². The normalized spacial score (nSPS) is 11.2. The van der Waals surface area contributed by atoms with Gasteiger partial charge >= 0.3 is 0 Å². The highest BCUT2D eigenvalue weighted by molar-refractivity contribution is 6.06. The van der Waals surface area contributed by atoms with E-state index in [1.165, 1.54) is 0 Å². The number of amides is 1. The van der Waals surface area contributed by atoms with E-state index >= 15 is 0 Å². The molecule has 4 aromatic heterocycles. The molecule has 0 aromatic carbocycles. The zero-order valence-electron chi connectivity index (χ0n) is 15.3. The van der Waals surface area contributed by atoms with E-state index in [2.05, 4.69) is 20.6 Å². The Balaban J connectivity index is 1.68. The molecule has 4 aromatic rings. The van der Waals surface area contributed by atoms with Crippen molar-refractivity contribution in [2.24, 2.45) is 0 Å². The van der Waals surface area contributed by atoms with E-state index in [1.807, 2.05) is 18.5 Å². The van der Waals surface area contributed by atoms with Crippen molar-refractivity contribution in [2.45, 2.75) is 33.9 Å². The molecular weight excluding hydrogens is 346 g/mol. The zero-order chi connectivity index (χ0) is 19.0. The number of hydrogen-bond donors (Lipinski definition) is 1. The Morgan fingerprint density at radius 3 is 2.89 bits per heavy atom. The summed E-state index contributed by atoms with van der Waals surface area (Å²) < 4.78 is 12.6. The lowest BCUT2D eigenvalue weighted by atomic mass is 10.1. The van der Waals surface area contributed by atoms with Gasteiger partial charge in [0.05, 0.1) is 29.1 Å². The molecule has 138 valence electrons. The predicted octanol–water partition coefficient (Wildman–Crippen LogP) is 3.25. The van der Waals surface area contributed by atoms with Crippen LogP contribution in [0.1, 0.15) is 34.2 Å². The smallest absolute Gasteiger partial charge is 0.259 e. The molecule has 0 aliphatic carbocycles. The molecule has 0 aliphatic heterocycles. The second-order valence-electron chi connectivity index (χ2n) is 6.23. The van der Waals surface area contributed by atoms with E-state index in [0.29, 0.717) is 40.4 Å². The molecule has 8 nitrogen and oxygen atoms in total. The summed E-state index contributed by atoms with van der Waals surface area (Å²) in [5, 5.41) is 11.8. The van der Waals surface area contributed by atoms with Crippen LogP contribution in [0.4, 0.5) is 0 Å². The Bertz CT molecular complexity index is 1110. The number of rotatable bonds is 5. The van der Waals surface area contributed by atoms with Crippen molar-refractivity contribution in [3.8, 4) is 11.5 Å². The summed E-state index contributed by atoms with van der Waals surface area (Å²) in [6, 6.07) is 5.24. The van der Waals surface area contributed by atoms with E-state index in [1.54, 1.807) is 37.6 Å². The van der Waals surface area contributed by atoms with Crippen molar-refractivity contribution in [3.05, 3.63) is 53.2 Å². The van der Waals surface area contributed by atoms with Crippen LogP contribution >= 0.6 is 0 Å². The second kappa shape index (κ2) is 6.71. The highest BCUT2D eigenvalue weighted by atomic mass is 16.5. The number of furan rings is 1. The van der Waals surface area contributed by atoms with Crippen molar-refractivity contribution in [1.82, 2.24) is 25.2 Å². The van der Waals surface area contributed by atoms with E-state index in [4.69, 9.17) is 8.94 Å². The van der Waals surface area contributed by atoms with Gasteiger partial charge in [0, 0.05) is 24.3 Å². The highest BCUT2D eigenvalue weighted by Crippen LogP contribution is 2.27. The Labute approximate surface area is 155 Å². The molecule has 0 radical (unpaired) electrons. The minimum Gasteiger partial charge on any atom is -0.463 e. The number of carbonyl (C=O) groups excluding carboxylic acids is 1. The third kappa shape index (κ3) is 2.99. The summed E-state index contributed by atoms with van der Waals surface area (Å²) in [6.07, 6.45) is 3.33. The van der Waals surface area contributed by atoms with Crippen molar-refractivity contribution >= 4 is 17.0 Å². The molecule has 8 heteroatoms. The van der Waals surface area contributed by atoms with Crippen LogP contribution in [-0.2, 0) is 13.1 Å². The average molecular weight is 365 g/mol. The summed E-state index contributed by atoms with van der Waals surface area (Å²) in [7, 11) is 0. The lowest BCUT2D eigenvalue weighted by Gasteiger charge is -2.08. The molecule has 0 unspecified atom stereocenters. The van der Waals surface area contributed by atoms with Crippen molar-refractivity contribution < 1.29 is 13.7 Å². The van der Waals surface area contributed by atoms with Crippen LogP contribution < -0.4 is 5.32 Å². The van der Waals surface area contributed by atoms with Crippen LogP contribution in [0.25, 0.3) is 22.6 Å². The SMILES string of the molecule is CCn1ncc(CNC(=O)c2cc(-c3ccco3)nc3onc(C)c23)c1C. The number of aromatic nitrogens is 4. The fourth-order valence-electron chi connectivity index (χ4n) is 3.07. The monoisotopic (exact) mass is 365 g/mol. The van der Waals surface area contributed by atoms with E-state index in [-0.39, 0.29) is 5.91 Å². The lowest BCUT2D eigenvalue weighted by Crippen LogP contribution is -2.23. The number of pyridine rings is 1. The third-order valence-corrected chi connectivity index (χ3v) is 4.58. The molecule has 0 saturated carbocycles. The first-order valence-electron chi connectivity index (χ1n) is 8.69. The fourth-order valence-corrected chi connectivity index (χ4v) is 3.07. The maximum absolute atomic E-state index is 12.9. The Morgan fingerprint density at radius 1 is 1.33 bits per heavy atom. The van der Waals surface area contributed by atoms with E-state index in [0.717, 1.165) is 17.8 Å². The lowest BCUT2D eigenvalue weighted by molar-refractivity contribution is 0.0952. The second-order valence-corrected chi connectivity index (χ2v) is 6.23.